The Labute approximate surface area is 99.8 Å². The van der Waals surface area contributed by atoms with E-state index in [1.807, 2.05) is 0 Å². The third-order valence-electron chi connectivity index (χ3n) is 3.73. The summed E-state index contributed by atoms with van der Waals surface area (Å²) in [6.45, 7) is -0.229. The Balaban J connectivity index is 2.53. The average Bonchev–Trinajstić information content (AvgIpc) is 2.28. The second-order valence-corrected chi connectivity index (χ2v) is 4.63. The van der Waals surface area contributed by atoms with Crippen LogP contribution >= 0.6 is 0 Å². The standard InChI is InChI=1S/C13H17F2NO/c1-17-12-10(13(8-16)3-2-4-13)5-9(7-14)6-11(12)15/h5-6H,2-4,7-8,16H2,1H3. The van der Waals surface area contributed by atoms with E-state index < -0.39 is 12.5 Å². The highest BCUT2D eigenvalue weighted by Crippen LogP contribution is 2.47. The number of halogens is 2. The zero-order chi connectivity index (χ0) is 12.5. The molecule has 2 rings (SSSR count). The molecule has 4 heteroatoms. The Morgan fingerprint density at radius 1 is 1.41 bits per heavy atom. The lowest BCUT2D eigenvalue weighted by atomic mass is 9.64. The van der Waals surface area contributed by atoms with E-state index in [9.17, 15) is 8.78 Å². The van der Waals surface area contributed by atoms with Crippen molar-refractivity contribution in [3.05, 3.63) is 29.1 Å². The third kappa shape index (κ3) is 1.90. The second kappa shape index (κ2) is 4.61. The molecule has 0 amide bonds. The fourth-order valence-corrected chi connectivity index (χ4v) is 2.52. The van der Waals surface area contributed by atoms with Gasteiger partial charge in [0.05, 0.1) is 7.11 Å². The van der Waals surface area contributed by atoms with E-state index in [2.05, 4.69) is 0 Å². The number of alkyl halides is 1. The summed E-state index contributed by atoms with van der Waals surface area (Å²) in [6, 6.07) is 2.87. The molecule has 0 unspecified atom stereocenters. The Bertz CT molecular complexity index is 411. The molecule has 1 saturated carbocycles. The normalized spacial score (nSPS) is 17.6. The third-order valence-corrected chi connectivity index (χ3v) is 3.73. The summed E-state index contributed by atoms with van der Waals surface area (Å²) < 4.78 is 31.6. The van der Waals surface area contributed by atoms with E-state index >= 15 is 0 Å². The van der Waals surface area contributed by atoms with Crippen molar-refractivity contribution in [1.82, 2.24) is 0 Å². The van der Waals surface area contributed by atoms with Gasteiger partial charge in [-0.1, -0.05) is 6.42 Å². The van der Waals surface area contributed by atoms with Gasteiger partial charge in [-0.3, -0.25) is 0 Å². The molecule has 0 spiro atoms. The van der Waals surface area contributed by atoms with E-state index in [-0.39, 0.29) is 11.2 Å². The summed E-state index contributed by atoms with van der Waals surface area (Å²) >= 11 is 0. The topological polar surface area (TPSA) is 35.2 Å². The Kier molecular flexibility index (Phi) is 3.33. The van der Waals surface area contributed by atoms with Gasteiger partial charge in [0.25, 0.3) is 0 Å². The van der Waals surface area contributed by atoms with Crippen LogP contribution in [0.3, 0.4) is 0 Å². The van der Waals surface area contributed by atoms with Crippen molar-refractivity contribution in [2.24, 2.45) is 5.73 Å². The van der Waals surface area contributed by atoms with Gasteiger partial charge in [0.2, 0.25) is 0 Å². The van der Waals surface area contributed by atoms with Gasteiger partial charge in [0.1, 0.15) is 6.67 Å². The first-order valence-electron chi connectivity index (χ1n) is 5.80. The lowest BCUT2D eigenvalue weighted by Gasteiger charge is -2.42. The number of hydrogen-bond donors (Lipinski definition) is 1. The van der Waals surface area contributed by atoms with Crippen LogP contribution in [-0.4, -0.2) is 13.7 Å². The number of methoxy groups -OCH3 is 1. The molecule has 1 fully saturated rings. The smallest absolute Gasteiger partial charge is 0.165 e. The van der Waals surface area contributed by atoms with Gasteiger partial charge in [-0.25, -0.2) is 8.78 Å². The highest BCUT2D eigenvalue weighted by Gasteiger charge is 2.40. The first-order valence-corrected chi connectivity index (χ1v) is 5.80. The van der Waals surface area contributed by atoms with Crippen LogP contribution in [0.15, 0.2) is 12.1 Å². The van der Waals surface area contributed by atoms with Gasteiger partial charge >= 0.3 is 0 Å². The van der Waals surface area contributed by atoms with Crippen molar-refractivity contribution < 1.29 is 13.5 Å². The van der Waals surface area contributed by atoms with Crippen LogP contribution in [0.1, 0.15) is 30.4 Å². The van der Waals surface area contributed by atoms with E-state index in [4.69, 9.17) is 10.5 Å². The Hall–Kier alpha value is -1.16. The maximum atomic E-state index is 13.8. The molecule has 0 radical (unpaired) electrons. The highest BCUT2D eigenvalue weighted by molar-refractivity contribution is 5.45. The average molecular weight is 241 g/mol. The minimum Gasteiger partial charge on any atom is -0.493 e. The van der Waals surface area contributed by atoms with Crippen molar-refractivity contribution in [3.8, 4) is 5.75 Å². The van der Waals surface area contributed by atoms with Crippen molar-refractivity contribution in [2.75, 3.05) is 13.7 Å². The monoisotopic (exact) mass is 241 g/mol. The molecular weight excluding hydrogens is 224 g/mol. The first-order chi connectivity index (χ1) is 8.16. The van der Waals surface area contributed by atoms with E-state index in [0.29, 0.717) is 12.1 Å². The van der Waals surface area contributed by atoms with Crippen LogP contribution in [0.4, 0.5) is 8.78 Å². The minimum atomic E-state index is -0.672. The van der Waals surface area contributed by atoms with Crippen molar-refractivity contribution >= 4 is 0 Å². The molecule has 2 N–H and O–H groups in total. The molecule has 0 saturated heterocycles. The summed E-state index contributed by atoms with van der Waals surface area (Å²) in [5.74, 6) is -0.287. The molecule has 1 aromatic rings. The molecule has 2 nitrogen and oxygen atoms in total. The summed E-state index contributed by atoms with van der Waals surface area (Å²) in [4.78, 5) is 0. The van der Waals surface area contributed by atoms with Gasteiger partial charge in [0.15, 0.2) is 11.6 Å². The van der Waals surface area contributed by atoms with E-state index in [1.54, 1.807) is 6.07 Å². The summed E-state index contributed by atoms with van der Waals surface area (Å²) in [7, 11) is 1.43. The van der Waals surface area contributed by atoms with Crippen molar-refractivity contribution in [2.45, 2.75) is 31.4 Å². The van der Waals surface area contributed by atoms with Crippen LogP contribution in [0.5, 0.6) is 5.75 Å². The van der Waals surface area contributed by atoms with Crippen LogP contribution in [0, 0.1) is 5.82 Å². The summed E-state index contributed by atoms with van der Waals surface area (Å²) in [5.41, 5.74) is 6.64. The maximum Gasteiger partial charge on any atom is 0.165 e. The van der Waals surface area contributed by atoms with Gasteiger partial charge in [-0.2, -0.15) is 0 Å². The SMILES string of the molecule is COc1c(F)cc(CF)cc1C1(CN)CCC1. The minimum absolute atomic E-state index is 0.215. The lowest BCUT2D eigenvalue weighted by molar-refractivity contribution is 0.240. The molecule has 0 aromatic heterocycles. The van der Waals surface area contributed by atoms with Crippen LogP contribution in [-0.2, 0) is 12.1 Å². The molecule has 0 aliphatic heterocycles. The quantitative estimate of drug-likeness (QED) is 0.879. The molecule has 94 valence electrons. The number of ether oxygens (including phenoxy) is 1. The second-order valence-electron chi connectivity index (χ2n) is 4.63. The van der Waals surface area contributed by atoms with Gasteiger partial charge in [-0.05, 0) is 30.5 Å². The molecule has 1 aliphatic rings. The van der Waals surface area contributed by atoms with E-state index in [1.165, 1.54) is 13.2 Å². The zero-order valence-electron chi connectivity index (χ0n) is 9.93. The predicted octanol–water partition coefficient (Wildman–Crippen LogP) is 2.68. The van der Waals surface area contributed by atoms with Gasteiger partial charge in [0, 0.05) is 17.5 Å². The predicted molar refractivity (Wildman–Crippen MR) is 62.3 cm³/mol. The van der Waals surface area contributed by atoms with Crippen LogP contribution in [0.25, 0.3) is 0 Å². The van der Waals surface area contributed by atoms with Crippen LogP contribution < -0.4 is 10.5 Å². The van der Waals surface area contributed by atoms with Crippen molar-refractivity contribution in [3.63, 3.8) is 0 Å². The van der Waals surface area contributed by atoms with Gasteiger partial charge in [-0.15, -0.1) is 0 Å². The summed E-state index contributed by atoms with van der Waals surface area (Å²) in [6.07, 6.45) is 2.89. The molecule has 1 aliphatic carbocycles. The molecule has 0 atom stereocenters. The Morgan fingerprint density at radius 3 is 2.53 bits per heavy atom. The molecule has 0 heterocycles. The number of nitrogens with two attached hydrogens (primary N) is 1. The number of rotatable bonds is 4. The largest absolute Gasteiger partial charge is 0.493 e. The van der Waals surface area contributed by atoms with Gasteiger partial charge < -0.3 is 10.5 Å². The molecule has 0 bridgehead atoms. The maximum absolute atomic E-state index is 13.8. The lowest BCUT2D eigenvalue weighted by Crippen LogP contribution is -2.42. The van der Waals surface area contributed by atoms with Crippen LogP contribution in [0.2, 0.25) is 0 Å². The fraction of sp³-hybridized carbons (Fsp3) is 0.538. The molecule has 1 aromatic carbocycles. The molecular formula is C13H17F2NO. The number of hydrogen-bond acceptors (Lipinski definition) is 2. The molecule has 17 heavy (non-hydrogen) atoms. The first kappa shape index (κ1) is 12.3. The number of benzene rings is 1. The Morgan fingerprint density at radius 2 is 2.12 bits per heavy atom. The van der Waals surface area contributed by atoms with E-state index in [0.717, 1.165) is 24.8 Å². The highest BCUT2D eigenvalue weighted by atomic mass is 19.1. The zero-order valence-corrected chi connectivity index (χ0v) is 9.93. The summed E-state index contributed by atoms with van der Waals surface area (Å²) in [5, 5.41) is 0. The fourth-order valence-electron chi connectivity index (χ4n) is 2.52. The van der Waals surface area contributed by atoms with Crippen molar-refractivity contribution in [1.29, 1.82) is 0 Å².